The standard InChI is InChI=1S/C30H29N3O3S/c1-6-36-29(35)26-20(4)31-30-33(27(26)22-12-8-7-9-13-22)28(34)25(37-30)17-23-16-19(3)32(21(23)5)24-14-10-11-18(2)15-24/h7-17,27H,6H2,1-5H3/b25-17+/t27-/m1/s1. The van der Waals surface area contributed by atoms with Gasteiger partial charge in [0.1, 0.15) is 0 Å². The van der Waals surface area contributed by atoms with E-state index < -0.39 is 12.0 Å². The van der Waals surface area contributed by atoms with Crippen LogP contribution in [-0.2, 0) is 9.53 Å². The number of nitrogens with zero attached hydrogens (tertiary/aromatic N) is 3. The van der Waals surface area contributed by atoms with Crippen molar-refractivity contribution in [1.82, 2.24) is 9.13 Å². The molecule has 2 aromatic carbocycles. The van der Waals surface area contributed by atoms with Gasteiger partial charge >= 0.3 is 5.97 Å². The Morgan fingerprint density at radius 3 is 2.51 bits per heavy atom. The van der Waals surface area contributed by atoms with E-state index in [2.05, 4.69) is 54.6 Å². The minimum absolute atomic E-state index is 0.174. The van der Waals surface area contributed by atoms with Gasteiger partial charge in [0, 0.05) is 17.1 Å². The van der Waals surface area contributed by atoms with Crippen LogP contribution in [0, 0.1) is 20.8 Å². The summed E-state index contributed by atoms with van der Waals surface area (Å²) in [7, 11) is 0. The van der Waals surface area contributed by atoms with Crippen LogP contribution in [0.15, 0.2) is 81.7 Å². The topological polar surface area (TPSA) is 65.6 Å². The van der Waals surface area contributed by atoms with Crippen molar-refractivity contribution in [2.24, 2.45) is 4.99 Å². The number of thiazole rings is 1. The summed E-state index contributed by atoms with van der Waals surface area (Å²) in [4.78, 5) is 32.1. The number of hydrogen-bond acceptors (Lipinski definition) is 5. The number of fused-ring (bicyclic) bond motifs is 1. The van der Waals surface area contributed by atoms with Crippen LogP contribution >= 0.6 is 11.3 Å². The van der Waals surface area contributed by atoms with E-state index in [1.807, 2.05) is 42.5 Å². The third kappa shape index (κ3) is 4.40. The quantitative estimate of drug-likeness (QED) is 0.370. The van der Waals surface area contributed by atoms with E-state index in [1.54, 1.807) is 18.4 Å². The highest BCUT2D eigenvalue weighted by Crippen LogP contribution is 2.30. The largest absolute Gasteiger partial charge is 0.463 e. The molecular formula is C30H29N3O3S. The van der Waals surface area contributed by atoms with E-state index in [9.17, 15) is 9.59 Å². The lowest BCUT2D eigenvalue weighted by Gasteiger charge is -2.24. The lowest BCUT2D eigenvalue weighted by Crippen LogP contribution is -2.39. The lowest BCUT2D eigenvalue weighted by molar-refractivity contribution is -0.139. The maximum absolute atomic E-state index is 13.9. The zero-order valence-electron chi connectivity index (χ0n) is 21.6. The molecule has 188 valence electrons. The smallest absolute Gasteiger partial charge is 0.338 e. The second kappa shape index (κ2) is 9.82. The number of esters is 1. The van der Waals surface area contributed by atoms with Gasteiger partial charge in [0.15, 0.2) is 4.80 Å². The summed E-state index contributed by atoms with van der Waals surface area (Å²) in [6.45, 7) is 10.0. The Balaban J connectivity index is 1.69. The molecule has 3 heterocycles. The van der Waals surface area contributed by atoms with E-state index in [0.717, 1.165) is 28.2 Å². The summed E-state index contributed by atoms with van der Waals surface area (Å²) >= 11 is 1.34. The first kappa shape index (κ1) is 24.7. The Labute approximate surface area is 219 Å². The maximum atomic E-state index is 13.9. The van der Waals surface area contributed by atoms with Gasteiger partial charge in [-0.3, -0.25) is 9.36 Å². The van der Waals surface area contributed by atoms with Crippen molar-refractivity contribution in [3.05, 3.63) is 120 Å². The fraction of sp³-hybridized carbons (Fsp3) is 0.233. The highest BCUT2D eigenvalue weighted by Gasteiger charge is 2.33. The summed E-state index contributed by atoms with van der Waals surface area (Å²) in [6.07, 6.45) is 1.93. The Bertz CT molecular complexity index is 1720. The number of rotatable bonds is 5. The van der Waals surface area contributed by atoms with Crippen LogP contribution in [0.2, 0.25) is 0 Å². The van der Waals surface area contributed by atoms with Gasteiger partial charge in [0.05, 0.1) is 28.5 Å². The highest BCUT2D eigenvalue weighted by atomic mass is 32.1. The fourth-order valence-electron chi connectivity index (χ4n) is 4.98. The molecule has 1 aliphatic rings. The molecule has 0 bridgehead atoms. The summed E-state index contributed by atoms with van der Waals surface area (Å²) in [5.41, 5.74) is 7.02. The Hall–Kier alpha value is -3.97. The van der Waals surface area contributed by atoms with Crippen LogP contribution in [0.25, 0.3) is 11.8 Å². The van der Waals surface area contributed by atoms with Crippen LogP contribution < -0.4 is 14.9 Å². The third-order valence-electron chi connectivity index (χ3n) is 6.65. The summed E-state index contributed by atoms with van der Waals surface area (Å²) in [6, 6.07) is 19.4. The molecule has 7 heteroatoms. The molecule has 1 atom stereocenters. The van der Waals surface area contributed by atoms with Crippen molar-refractivity contribution in [2.45, 2.75) is 40.7 Å². The minimum atomic E-state index is -0.599. The second-order valence-electron chi connectivity index (χ2n) is 9.21. The number of carbonyl (C=O) groups excluding carboxylic acids is 1. The number of allylic oxidation sites excluding steroid dienone is 1. The van der Waals surface area contributed by atoms with Gasteiger partial charge in [-0.2, -0.15) is 0 Å². The van der Waals surface area contributed by atoms with Gasteiger partial charge in [-0.1, -0.05) is 53.8 Å². The Kier molecular flexibility index (Phi) is 6.56. The SMILES string of the molecule is CCOC(=O)C1=C(C)N=c2s/c(=C/c3cc(C)n(-c4cccc(C)c4)c3C)c(=O)n2[C@@H]1c1ccccc1. The van der Waals surface area contributed by atoms with E-state index >= 15 is 0 Å². The monoisotopic (exact) mass is 511 g/mol. The van der Waals surface area contributed by atoms with Crippen LogP contribution in [-0.4, -0.2) is 21.7 Å². The molecule has 0 saturated heterocycles. The molecule has 0 spiro atoms. The molecular weight excluding hydrogens is 482 g/mol. The summed E-state index contributed by atoms with van der Waals surface area (Å²) in [5, 5.41) is 0. The molecule has 0 unspecified atom stereocenters. The highest BCUT2D eigenvalue weighted by molar-refractivity contribution is 7.07. The first-order valence-corrected chi connectivity index (χ1v) is 13.1. The van der Waals surface area contributed by atoms with Crippen molar-refractivity contribution < 1.29 is 9.53 Å². The van der Waals surface area contributed by atoms with Crippen molar-refractivity contribution in [1.29, 1.82) is 0 Å². The van der Waals surface area contributed by atoms with Crippen molar-refractivity contribution in [3.8, 4) is 5.69 Å². The molecule has 4 aromatic rings. The first-order valence-electron chi connectivity index (χ1n) is 12.3. The lowest BCUT2D eigenvalue weighted by atomic mass is 9.96. The molecule has 0 amide bonds. The molecule has 37 heavy (non-hydrogen) atoms. The van der Waals surface area contributed by atoms with Crippen LogP contribution in [0.5, 0.6) is 0 Å². The van der Waals surface area contributed by atoms with E-state index in [1.165, 1.54) is 16.9 Å². The average Bonchev–Trinajstić information content (AvgIpc) is 3.33. The zero-order chi connectivity index (χ0) is 26.3. The van der Waals surface area contributed by atoms with Crippen molar-refractivity contribution in [2.75, 3.05) is 6.61 Å². The summed E-state index contributed by atoms with van der Waals surface area (Å²) < 4.78 is 9.76. The average molecular weight is 512 g/mol. The van der Waals surface area contributed by atoms with Crippen molar-refractivity contribution in [3.63, 3.8) is 0 Å². The minimum Gasteiger partial charge on any atom is -0.463 e. The Morgan fingerprint density at radius 1 is 1.05 bits per heavy atom. The third-order valence-corrected chi connectivity index (χ3v) is 7.63. The predicted molar refractivity (Wildman–Crippen MR) is 147 cm³/mol. The molecule has 0 radical (unpaired) electrons. The molecule has 1 aliphatic heterocycles. The fourth-order valence-corrected chi connectivity index (χ4v) is 6.02. The van der Waals surface area contributed by atoms with E-state index in [-0.39, 0.29) is 12.2 Å². The van der Waals surface area contributed by atoms with Crippen LogP contribution in [0.1, 0.15) is 48.0 Å². The molecule has 0 N–H and O–H groups in total. The van der Waals surface area contributed by atoms with Gasteiger partial charge in [-0.25, -0.2) is 9.79 Å². The van der Waals surface area contributed by atoms with Gasteiger partial charge in [-0.05, 0) is 75.6 Å². The number of hydrogen-bond donors (Lipinski definition) is 0. The van der Waals surface area contributed by atoms with Gasteiger partial charge < -0.3 is 9.30 Å². The van der Waals surface area contributed by atoms with Gasteiger partial charge in [0.2, 0.25) is 0 Å². The number of aryl methyl sites for hydroxylation is 2. The maximum Gasteiger partial charge on any atom is 0.338 e. The van der Waals surface area contributed by atoms with E-state index in [0.29, 0.717) is 20.6 Å². The van der Waals surface area contributed by atoms with Crippen LogP contribution in [0.3, 0.4) is 0 Å². The second-order valence-corrected chi connectivity index (χ2v) is 10.2. The number of ether oxygens (including phenoxy) is 1. The number of carbonyl (C=O) groups is 1. The Morgan fingerprint density at radius 2 is 1.81 bits per heavy atom. The molecule has 6 nitrogen and oxygen atoms in total. The van der Waals surface area contributed by atoms with Gasteiger partial charge in [0.25, 0.3) is 5.56 Å². The molecule has 0 fully saturated rings. The van der Waals surface area contributed by atoms with Crippen LogP contribution in [0.4, 0.5) is 0 Å². The molecule has 0 saturated carbocycles. The normalized spacial score (nSPS) is 15.5. The number of benzene rings is 2. The molecule has 2 aromatic heterocycles. The van der Waals surface area contributed by atoms with E-state index in [4.69, 9.17) is 4.74 Å². The number of aromatic nitrogens is 2. The summed E-state index contributed by atoms with van der Waals surface area (Å²) in [5.74, 6) is -0.450. The molecule has 0 aliphatic carbocycles. The first-order chi connectivity index (χ1) is 17.8. The zero-order valence-corrected chi connectivity index (χ0v) is 22.4. The predicted octanol–water partition coefficient (Wildman–Crippen LogP) is 4.51. The molecule has 5 rings (SSSR count). The van der Waals surface area contributed by atoms with Crippen molar-refractivity contribution >= 4 is 23.4 Å². The van der Waals surface area contributed by atoms with Gasteiger partial charge in [-0.15, -0.1) is 0 Å².